The number of fused-ring (bicyclic) bond motifs is 18. The minimum Gasteiger partial charge on any atom is -0.249 e. The van der Waals surface area contributed by atoms with Gasteiger partial charge < -0.3 is 0 Å². The Bertz CT molecular complexity index is 8920. The molecular weight excluding hydrogens is 1580 g/mol. The fraction of sp³-hybridized carbons (Fsp3) is 0.110. The number of pyridine rings is 15. The largest absolute Gasteiger partial charge is 0.302 e. The van der Waals surface area contributed by atoms with Crippen molar-refractivity contribution < 1.29 is 54.8 Å². The number of hydrogen-bond donors (Lipinski definition) is 0. The molecule has 0 radical (unpaired) electrons. The number of imidazole rings is 4. The van der Waals surface area contributed by atoms with Gasteiger partial charge in [0.25, 0.3) is 11.0 Å². The molecule has 0 unspecified atom stereocenters. The zero-order valence-corrected chi connectivity index (χ0v) is 71.5. The predicted octanol–water partition coefficient (Wildman–Crippen LogP) is 13.6. The van der Waals surface area contributed by atoms with Gasteiger partial charge in [0.1, 0.15) is 155 Å². The first-order chi connectivity index (χ1) is 63.0. The standard InChI is InChI=1S/C22H17N3.C21H16N4.C18H14N2.C17H13N3.C16H13N3.C15H12N4/c1-23-12-11-16-13-24-14-19(15-7-3-2-4-8-15)25-18-10-6-5-9-17(18)21(23)20(16)22(24)25;1-23-11-9-15-12-24-13-17(14-6-3-2-4-7-14)25-16-8-5-10-22-19(16)20(23)18(15)21(24)25;1-19-10-8-12-11-20-9-4-7-15-13-5-2-3-6-14(13)17(19)16(12)18(15)20;1-19-9-6-11-10-20-8-3-5-13-12-4-2-7-18-15(12)17(19)14(11)16(13)20;1-17-7-6-11-10-18-8-9-19-13-5-3-2-4-12(13)15(17)14(11)16(18)19;1-17-6-4-10-9-18-7-8-19-11-3-2-5-16-13(11)14(17)12(10)15(18)19/h2-12,14H,13H2,1H3;2-11,13H,12H2,1H3;2-10H,11H2,1H3;2-9H,10H2,1H3;2-9H,10H2,1H3;2-8H,9H2,1H3/q6*+2. The van der Waals surface area contributed by atoms with Gasteiger partial charge >= 0.3 is 22.6 Å². The van der Waals surface area contributed by atoms with Crippen LogP contribution in [0.3, 0.4) is 0 Å². The molecule has 7 aromatic carbocycles. The zero-order valence-electron chi connectivity index (χ0n) is 71.5. The SMILES string of the molecule is C[n+]1ccc2c3c1c1ccccc1c1ccc[n+](c13)C2.C[n+]1ccc2c3c1c1ccccc1n1c(-c4ccccc4)c[n+](c31)C2.C[n+]1ccc2c3c1c1ccccc1n1cc[n+](c31)C2.C[n+]1ccc2c3c1c1ncccc1c1ccc[n+](c13)C2.C[n+]1ccc2c3c1c1ncccc1n1c(-c4ccccc4)c[n+](c31)C2.C[n+]1ccc2c3c1c1ncccc1n1cc[n+](c31)C2. The van der Waals surface area contributed by atoms with Gasteiger partial charge in [0.15, 0.2) is 96.1 Å². The maximum absolute atomic E-state index is 4.75. The van der Waals surface area contributed by atoms with Crippen molar-refractivity contribution >= 4 is 175 Å². The molecule has 0 saturated carbocycles. The number of hydrogen-bond acceptors (Lipinski definition) is 3. The van der Waals surface area contributed by atoms with E-state index in [0.29, 0.717) is 0 Å². The van der Waals surface area contributed by atoms with Crippen LogP contribution in [0.2, 0.25) is 0 Å². The Morgan fingerprint density at radius 1 is 0.227 bits per heavy atom. The van der Waals surface area contributed by atoms with Gasteiger partial charge in [0.2, 0.25) is 33.1 Å². The lowest BCUT2D eigenvalue weighted by atomic mass is 9.99. The molecule has 604 valence electrons. The molecule has 0 bridgehead atoms. The molecule has 0 spiro atoms. The first-order valence-corrected chi connectivity index (χ1v) is 44.0. The summed E-state index contributed by atoms with van der Waals surface area (Å²) in [7, 11) is 12.7. The van der Waals surface area contributed by atoms with Crippen LogP contribution in [0.1, 0.15) is 33.4 Å². The summed E-state index contributed by atoms with van der Waals surface area (Å²) in [5.41, 5.74) is 37.0. The molecule has 25 heterocycles. The molecule has 0 atom stereocenters. The van der Waals surface area contributed by atoms with Crippen molar-refractivity contribution in [2.24, 2.45) is 42.3 Å². The van der Waals surface area contributed by atoms with Gasteiger partial charge in [-0.25, -0.2) is 46.9 Å². The Labute approximate surface area is 731 Å². The van der Waals surface area contributed by atoms with Crippen molar-refractivity contribution in [2.75, 3.05) is 0 Å². The van der Waals surface area contributed by atoms with E-state index in [-0.39, 0.29) is 0 Å². The molecule has 26 aromatic rings. The Morgan fingerprint density at radius 2 is 0.555 bits per heavy atom. The fourth-order valence-electron chi connectivity index (χ4n) is 22.7. The predicted molar refractivity (Wildman–Crippen MR) is 495 cm³/mol. The normalized spacial score (nSPS) is 13.0. The second-order valence-corrected chi connectivity index (χ2v) is 35.1. The first-order valence-electron chi connectivity index (χ1n) is 44.0. The summed E-state index contributed by atoms with van der Waals surface area (Å²) in [4.78, 5) is 14.0. The van der Waals surface area contributed by atoms with E-state index >= 15 is 0 Å². The molecule has 19 nitrogen and oxygen atoms in total. The minimum absolute atomic E-state index is 0.916. The fourth-order valence-corrected chi connectivity index (χ4v) is 22.7. The molecule has 6 aliphatic heterocycles. The van der Waals surface area contributed by atoms with Crippen molar-refractivity contribution in [1.29, 1.82) is 0 Å². The van der Waals surface area contributed by atoms with E-state index in [2.05, 4.69) is 424 Å². The molecular formula is C109H85N19+12. The summed E-state index contributed by atoms with van der Waals surface area (Å²) in [6.45, 7) is 5.75. The monoisotopic (exact) mass is 1660 g/mol. The van der Waals surface area contributed by atoms with Crippen molar-refractivity contribution in [3.8, 4) is 22.5 Å². The molecule has 0 aliphatic carbocycles. The van der Waals surface area contributed by atoms with Crippen LogP contribution < -0.4 is 54.8 Å². The van der Waals surface area contributed by atoms with E-state index in [4.69, 9.17) is 4.98 Å². The third-order valence-corrected chi connectivity index (χ3v) is 28.1. The third kappa shape index (κ3) is 10.1. The van der Waals surface area contributed by atoms with Crippen LogP contribution >= 0.6 is 0 Å². The van der Waals surface area contributed by atoms with E-state index in [0.717, 1.165) is 61.3 Å². The van der Waals surface area contributed by atoms with Gasteiger partial charge in [-0.1, -0.05) is 109 Å². The molecule has 0 saturated heterocycles. The van der Waals surface area contributed by atoms with E-state index in [9.17, 15) is 0 Å². The van der Waals surface area contributed by atoms with Crippen LogP contribution in [0.15, 0.2) is 336 Å². The number of para-hydroxylation sites is 2. The van der Waals surface area contributed by atoms with Gasteiger partial charge in [0.05, 0.1) is 26.9 Å². The van der Waals surface area contributed by atoms with Crippen molar-refractivity contribution in [1.82, 2.24) is 32.6 Å². The van der Waals surface area contributed by atoms with E-state index < -0.39 is 0 Å². The van der Waals surface area contributed by atoms with Crippen LogP contribution in [0.5, 0.6) is 0 Å². The van der Waals surface area contributed by atoms with Crippen molar-refractivity contribution in [3.05, 3.63) is 369 Å². The molecule has 32 rings (SSSR count). The summed E-state index contributed by atoms with van der Waals surface area (Å²) in [6.07, 6.45) is 36.2. The third-order valence-electron chi connectivity index (χ3n) is 28.1. The Balaban J connectivity index is 0.0000000797. The average Bonchev–Trinajstić information content (AvgIpc) is 1.54. The van der Waals surface area contributed by atoms with Crippen LogP contribution in [0.4, 0.5) is 0 Å². The van der Waals surface area contributed by atoms with Gasteiger partial charge in [-0.2, -0.15) is 40.4 Å². The summed E-state index contributed by atoms with van der Waals surface area (Å²) in [6, 6.07) is 82.1. The highest BCUT2D eigenvalue weighted by molar-refractivity contribution is 6.23. The van der Waals surface area contributed by atoms with Gasteiger partial charge in [-0.15, -0.1) is 0 Å². The molecule has 0 N–H and O–H groups in total. The highest BCUT2D eigenvalue weighted by atomic mass is 15.2. The Morgan fingerprint density at radius 3 is 1.09 bits per heavy atom. The van der Waals surface area contributed by atoms with Gasteiger partial charge in [0, 0.05) is 122 Å². The molecule has 6 aliphatic rings. The van der Waals surface area contributed by atoms with Gasteiger partial charge in [-0.3, -0.25) is 0 Å². The summed E-state index contributed by atoms with van der Waals surface area (Å²) >= 11 is 0. The van der Waals surface area contributed by atoms with Gasteiger partial charge in [-0.05, 0) is 72.8 Å². The average molecular weight is 1660 g/mol. The lowest BCUT2D eigenvalue weighted by molar-refractivity contribution is -0.658. The summed E-state index contributed by atoms with van der Waals surface area (Å²) < 4.78 is 36.8. The molecule has 19 aromatic heterocycles. The molecule has 19 heteroatoms. The number of nitrogens with zero attached hydrogens (tertiary/aromatic N) is 19. The van der Waals surface area contributed by atoms with Crippen LogP contribution in [-0.4, -0.2) is 32.6 Å². The van der Waals surface area contributed by atoms with Crippen molar-refractivity contribution in [3.63, 3.8) is 0 Å². The van der Waals surface area contributed by atoms with E-state index in [1.165, 1.54) is 209 Å². The number of benzene rings is 7. The maximum atomic E-state index is 4.75. The van der Waals surface area contributed by atoms with E-state index in [1.807, 2.05) is 36.8 Å². The quantitative estimate of drug-likeness (QED) is 0.127. The number of aryl methyl sites for hydroxylation is 6. The Hall–Kier alpha value is -16.4. The molecule has 0 amide bonds. The maximum Gasteiger partial charge on any atom is 0.302 e. The smallest absolute Gasteiger partial charge is 0.249 e. The minimum atomic E-state index is 0.916. The Kier molecular flexibility index (Phi) is 15.2. The second-order valence-electron chi connectivity index (χ2n) is 35.1. The van der Waals surface area contributed by atoms with Crippen LogP contribution in [0, 0.1) is 0 Å². The van der Waals surface area contributed by atoms with E-state index in [1.54, 1.807) is 0 Å². The highest BCUT2D eigenvalue weighted by Gasteiger charge is 2.40. The second kappa shape index (κ2) is 27.0. The summed E-state index contributed by atoms with van der Waals surface area (Å²) in [5.74, 6) is 0. The lowest BCUT2D eigenvalue weighted by Crippen LogP contribution is -2.30. The van der Waals surface area contributed by atoms with Crippen LogP contribution in [0.25, 0.3) is 198 Å². The topological polar surface area (TPSA) is 103 Å². The summed E-state index contributed by atoms with van der Waals surface area (Å²) in [5, 5.41) is 17.4. The van der Waals surface area contributed by atoms with Crippen molar-refractivity contribution in [2.45, 2.75) is 39.3 Å². The molecule has 128 heavy (non-hydrogen) atoms. The highest BCUT2D eigenvalue weighted by Crippen LogP contribution is 2.42. The lowest BCUT2D eigenvalue weighted by Gasteiger charge is -2.04. The first kappa shape index (κ1) is 72.1. The number of rotatable bonds is 2. The number of aromatic nitrogens is 19. The zero-order chi connectivity index (χ0) is 84.7. The molecule has 0 fully saturated rings. The van der Waals surface area contributed by atoms with Crippen LogP contribution in [-0.2, 0) is 81.6 Å².